The standard InChI is InChI=1S/C22H15Cl2NO2/c23-17-11-12-20(18(14-17)21(26)16-9-5-2-6-10-16)25-22(27)19(24)13-15-7-3-1-4-8-15/h1-14H,(H,25,27). The van der Waals surface area contributed by atoms with E-state index < -0.39 is 5.91 Å². The smallest absolute Gasteiger partial charge is 0.267 e. The quantitative estimate of drug-likeness (QED) is 0.438. The largest absolute Gasteiger partial charge is 0.321 e. The lowest BCUT2D eigenvalue weighted by molar-refractivity contribution is -0.112. The summed E-state index contributed by atoms with van der Waals surface area (Å²) in [5, 5.41) is 3.10. The molecule has 3 rings (SSSR count). The van der Waals surface area contributed by atoms with E-state index in [0.29, 0.717) is 21.8 Å². The van der Waals surface area contributed by atoms with Crippen LogP contribution in [-0.4, -0.2) is 11.7 Å². The summed E-state index contributed by atoms with van der Waals surface area (Å²) < 4.78 is 0. The minimum atomic E-state index is -0.509. The number of anilines is 1. The molecule has 0 saturated heterocycles. The molecule has 0 radical (unpaired) electrons. The van der Waals surface area contributed by atoms with Crippen molar-refractivity contribution in [3.63, 3.8) is 0 Å². The van der Waals surface area contributed by atoms with E-state index in [4.69, 9.17) is 23.2 Å². The lowest BCUT2D eigenvalue weighted by Gasteiger charge is -2.11. The molecule has 3 aromatic carbocycles. The first-order chi connectivity index (χ1) is 13.0. The fraction of sp³-hybridized carbons (Fsp3) is 0. The minimum Gasteiger partial charge on any atom is -0.321 e. The molecular formula is C22H15Cl2NO2. The molecule has 27 heavy (non-hydrogen) atoms. The van der Waals surface area contributed by atoms with Crippen molar-refractivity contribution in [2.75, 3.05) is 5.32 Å². The lowest BCUT2D eigenvalue weighted by Crippen LogP contribution is -2.15. The summed E-state index contributed by atoms with van der Waals surface area (Å²) in [5.74, 6) is -0.749. The highest BCUT2D eigenvalue weighted by atomic mass is 35.5. The Morgan fingerprint density at radius 1 is 0.852 bits per heavy atom. The normalized spacial score (nSPS) is 11.1. The van der Waals surface area contributed by atoms with Crippen LogP contribution in [0.1, 0.15) is 21.5 Å². The molecule has 134 valence electrons. The van der Waals surface area contributed by atoms with Crippen LogP contribution in [0.15, 0.2) is 83.9 Å². The third-order valence-corrected chi connectivity index (χ3v) is 4.34. The molecule has 0 saturated carbocycles. The highest BCUT2D eigenvalue weighted by molar-refractivity contribution is 6.46. The van der Waals surface area contributed by atoms with Gasteiger partial charge in [-0.1, -0.05) is 83.9 Å². The molecular weight excluding hydrogens is 381 g/mol. The van der Waals surface area contributed by atoms with Crippen molar-refractivity contribution >= 4 is 46.7 Å². The van der Waals surface area contributed by atoms with Crippen molar-refractivity contribution in [2.45, 2.75) is 0 Å². The van der Waals surface area contributed by atoms with Crippen LogP contribution in [0, 0.1) is 0 Å². The fourth-order valence-corrected chi connectivity index (χ4v) is 2.85. The average molecular weight is 396 g/mol. The fourth-order valence-electron chi connectivity index (χ4n) is 2.50. The Balaban J connectivity index is 1.88. The molecule has 1 amide bonds. The number of ketones is 1. The summed E-state index contributed by atoms with van der Waals surface area (Å²) in [6, 6.07) is 22.8. The summed E-state index contributed by atoms with van der Waals surface area (Å²) >= 11 is 12.2. The molecule has 0 aromatic heterocycles. The zero-order valence-corrected chi connectivity index (χ0v) is 15.7. The molecule has 3 aromatic rings. The van der Waals surface area contributed by atoms with Crippen LogP contribution in [0.2, 0.25) is 5.02 Å². The van der Waals surface area contributed by atoms with Crippen molar-refractivity contribution in [1.82, 2.24) is 0 Å². The molecule has 5 heteroatoms. The molecule has 0 aliphatic rings. The number of hydrogen-bond donors (Lipinski definition) is 1. The van der Waals surface area contributed by atoms with E-state index in [1.807, 2.05) is 36.4 Å². The van der Waals surface area contributed by atoms with Crippen molar-refractivity contribution < 1.29 is 9.59 Å². The molecule has 0 unspecified atom stereocenters. The van der Waals surface area contributed by atoms with Gasteiger partial charge in [-0.25, -0.2) is 0 Å². The maximum Gasteiger partial charge on any atom is 0.267 e. The molecule has 1 N–H and O–H groups in total. The van der Waals surface area contributed by atoms with E-state index in [2.05, 4.69) is 5.32 Å². The number of halogens is 2. The number of carbonyl (C=O) groups is 2. The Labute approximate surface area is 167 Å². The number of hydrogen-bond acceptors (Lipinski definition) is 2. The first-order valence-electron chi connectivity index (χ1n) is 8.17. The number of benzene rings is 3. The van der Waals surface area contributed by atoms with Gasteiger partial charge in [-0.3, -0.25) is 9.59 Å². The van der Waals surface area contributed by atoms with E-state index in [1.54, 1.807) is 42.5 Å². The molecule has 0 heterocycles. The van der Waals surface area contributed by atoms with E-state index in [1.165, 1.54) is 6.07 Å². The molecule has 0 bridgehead atoms. The zero-order valence-electron chi connectivity index (χ0n) is 14.2. The van der Waals surface area contributed by atoms with Gasteiger partial charge < -0.3 is 5.32 Å². The third-order valence-electron chi connectivity index (χ3n) is 3.82. The van der Waals surface area contributed by atoms with Gasteiger partial charge in [0.1, 0.15) is 5.03 Å². The van der Waals surface area contributed by atoms with Crippen LogP contribution in [0.4, 0.5) is 5.69 Å². The second kappa shape index (κ2) is 8.67. The second-order valence-electron chi connectivity index (χ2n) is 5.74. The Bertz CT molecular complexity index is 999. The van der Waals surface area contributed by atoms with Gasteiger partial charge in [0.25, 0.3) is 5.91 Å². The second-order valence-corrected chi connectivity index (χ2v) is 6.59. The topological polar surface area (TPSA) is 46.2 Å². The Kier molecular flexibility index (Phi) is 6.07. The maximum atomic E-state index is 12.8. The summed E-state index contributed by atoms with van der Waals surface area (Å²) in [4.78, 5) is 25.3. The van der Waals surface area contributed by atoms with Crippen molar-refractivity contribution in [3.8, 4) is 0 Å². The minimum absolute atomic E-state index is 0.00857. The van der Waals surface area contributed by atoms with Crippen molar-refractivity contribution in [2.24, 2.45) is 0 Å². The molecule has 0 aliphatic carbocycles. The first kappa shape index (κ1) is 18.9. The number of rotatable bonds is 5. The van der Waals surface area contributed by atoms with Gasteiger partial charge >= 0.3 is 0 Å². The number of nitrogens with one attached hydrogen (secondary N) is 1. The van der Waals surface area contributed by atoms with Gasteiger partial charge in [-0.05, 0) is 29.8 Å². The Morgan fingerprint density at radius 3 is 2.15 bits per heavy atom. The van der Waals surface area contributed by atoms with Gasteiger partial charge in [0.15, 0.2) is 5.78 Å². The summed E-state index contributed by atoms with van der Waals surface area (Å²) in [7, 11) is 0. The van der Waals surface area contributed by atoms with Crippen molar-refractivity contribution in [1.29, 1.82) is 0 Å². The van der Waals surface area contributed by atoms with E-state index in [0.717, 1.165) is 5.56 Å². The third kappa shape index (κ3) is 4.85. The molecule has 0 fully saturated rings. The maximum absolute atomic E-state index is 12.8. The highest BCUT2D eigenvalue weighted by Crippen LogP contribution is 2.25. The van der Waals surface area contributed by atoms with Gasteiger partial charge in [0.2, 0.25) is 0 Å². The number of carbonyl (C=O) groups excluding carboxylic acids is 2. The average Bonchev–Trinajstić information content (AvgIpc) is 2.70. The van der Waals surface area contributed by atoms with Crippen LogP contribution in [0.5, 0.6) is 0 Å². The van der Waals surface area contributed by atoms with Gasteiger partial charge in [0, 0.05) is 16.1 Å². The van der Waals surface area contributed by atoms with Crippen LogP contribution < -0.4 is 5.32 Å². The van der Waals surface area contributed by atoms with Gasteiger partial charge in [-0.15, -0.1) is 0 Å². The summed E-state index contributed by atoms with van der Waals surface area (Å²) in [6.45, 7) is 0. The van der Waals surface area contributed by atoms with E-state index >= 15 is 0 Å². The monoisotopic (exact) mass is 395 g/mol. The molecule has 0 atom stereocenters. The van der Waals surface area contributed by atoms with E-state index in [9.17, 15) is 9.59 Å². The van der Waals surface area contributed by atoms with E-state index in [-0.39, 0.29) is 10.8 Å². The van der Waals surface area contributed by atoms with Gasteiger partial charge in [-0.2, -0.15) is 0 Å². The van der Waals surface area contributed by atoms with Crippen LogP contribution in [0.3, 0.4) is 0 Å². The molecule has 3 nitrogen and oxygen atoms in total. The lowest BCUT2D eigenvalue weighted by atomic mass is 10.0. The highest BCUT2D eigenvalue weighted by Gasteiger charge is 2.17. The number of amides is 1. The van der Waals surface area contributed by atoms with Gasteiger partial charge in [0.05, 0.1) is 5.69 Å². The SMILES string of the molecule is O=C(Nc1ccc(Cl)cc1C(=O)c1ccccc1)C(Cl)=Cc1ccccc1. The first-order valence-corrected chi connectivity index (χ1v) is 8.93. The predicted molar refractivity (Wildman–Crippen MR) is 110 cm³/mol. The zero-order chi connectivity index (χ0) is 19.2. The van der Waals surface area contributed by atoms with Crippen molar-refractivity contribution in [3.05, 3.63) is 106 Å². The molecule has 0 aliphatic heterocycles. The van der Waals surface area contributed by atoms with Crippen LogP contribution >= 0.6 is 23.2 Å². The molecule has 0 spiro atoms. The summed E-state index contributed by atoms with van der Waals surface area (Å²) in [5.41, 5.74) is 1.94. The van der Waals surface area contributed by atoms with Crippen LogP contribution in [0.25, 0.3) is 6.08 Å². The summed E-state index contributed by atoms with van der Waals surface area (Å²) in [6.07, 6.45) is 1.56. The van der Waals surface area contributed by atoms with Crippen LogP contribution in [-0.2, 0) is 4.79 Å². The predicted octanol–water partition coefficient (Wildman–Crippen LogP) is 5.79. The Hall–Kier alpha value is -2.88. The Morgan fingerprint density at radius 2 is 1.48 bits per heavy atom.